The summed E-state index contributed by atoms with van der Waals surface area (Å²) in [5.74, 6) is 7.56. The Kier molecular flexibility index (Phi) is 9.50. The highest BCUT2D eigenvalue weighted by Crippen LogP contribution is 2.18. The van der Waals surface area contributed by atoms with Crippen LogP contribution >= 0.6 is 0 Å². The van der Waals surface area contributed by atoms with Crippen molar-refractivity contribution in [2.75, 3.05) is 30.3 Å². The molecule has 1 aromatic carbocycles. The number of nitrogens with zero attached hydrogens (tertiary/aromatic N) is 3. The summed E-state index contributed by atoms with van der Waals surface area (Å²) in [4.78, 5) is 21.1. The molecule has 1 atom stereocenters. The fraction of sp³-hybridized carbons (Fsp3) is 0.440. The Morgan fingerprint density at radius 3 is 2.82 bits per heavy atom. The van der Waals surface area contributed by atoms with Crippen molar-refractivity contribution in [3.8, 4) is 17.9 Å². The monoisotopic (exact) mass is 445 g/mol. The normalized spacial score (nSPS) is 15.0. The van der Waals surface area contributed by atoms with E-state index in [4.69, 9.17) is 5.26 Å². The molecule has 1 aromatic heterocycles. The standard InChI is InChI=1S/C25H31N7O/c1-2-14-28-23-20(8-4-3-6-16-29-24(33)22-9-5-7-15-27-22)18-30-25(32-23)31-21-12-10-19(17-26)11-13-21/h10-13,18,22,27H,2-3,5-7,9,14-16H2,1H3,(H,29,33)(H2,28,30,31,32)/t22-/m0/s1. The molecule has 1 fully saturated rings. The van der Waals surface area contributed by atoms with Gasteiger partial charge in [-0.15, -0.1) is 0 Å². The van der Waals surface area contributed by atoms with Crippen molar-refractivity contribution in [1.82, 2.24) is 20.6 Å². The minimum Gasteiger partial charge on any atom is -0.369 e. The van der Waals surface area contributed by atoms with Crippen LogP contribution in [0.15, 0.2) is 30.5 Å². The Balaban J connectivity index is 1.53. The lowest BCUT2D eigenvalue weighted by molar-refractivity contribution is -0.123. The Labute approximate surface area is 195 Å². The van der Waals surface area contributed by atoms with Gasteiger partial charge in [-0.1, -0.05) is 25.2 Å². The van der Waals surface area contributed by atoms with Gasteiger partial charge in [-0.25, -0.2) is 4.98 Å². The lowest BCUT2D eigenvalue weighted by Crippen LogP contribution is -2.46. The Morgan fingerprint density at radius 1 is 1.24 bits per heavy atom. The summed E-state index contributed by atoms with van der Waals surface area (Å²) in [7, 11) is 0. The molecule has 2 heterocycles. The number of carbonyl (C=O) groups is 1. The zero-order valence-corrected chi connectivity index (χ0v) is 19.1. The van der Waals surface area contributed by atoms with Crippen LogP contribution in [0.4, 0.5) is 17.5 Å². The Bertz CT molecular complexity index is 1010. The van der Waals surface area contributed by atoms with Gasteiger partial charge in [-0.3, -0.25) is 4.79 Å². The SMILES string of the molecule is CCCNc1nc(Nc2ccc(C#N)cc2)ncc1C#CCCCNC(=O)[C@@H]1CCCCN1. The van der Waals surface area contributed by atoms with Gasteiger partial charge in [0.2, 0.25) is 11.9 Å². The second-order valence-corrected chi connectivity index (χ2v) is 7.90. The number of benzene rings is 1. The number of hydrogen-bond donors (Lipinski definition) is 4. The van der Waals surface area contributed by atoms with E-state index < -0.39 is 0 Å². The summed E-state index contributed by atoms with van der Waals surface area (Å²) in [6.45, 7) is 4.41. The first-order valence-corrected chi connectivity index (χ1v) is 11.6. The van der Waals surface area contributed by atoms with Crippen LogP contribution < -0.4 is 21.3 Å². The van der Waals surface area contributed by atoms with E-state index in [0.717, 1.165) is 56.4 Å². The molecule has 0 aliphatic carbocycles. The second kappa shape index (κ2) is 13.0. The molecule has 8 nitrogen and oxygen atoms in total. The zero-order chi connectivity index (χ0) is 23.3. The Hall–Kier alpha value is -3.62. The summed E-state index contributed by atoms with van der Waals surface area (Å²) in [5.41, 5.74) is 2.15. The van der Waals surface area contributed by atoms with Crippen molar-refractivity contribution in [1.29, 1.82) is 5.26 Å². The molecule has 8 heteroatoms. The van der Waals surface area contributed by atoms with Crippen LogP contribution in [0, 0.1) is 23.2 Å². The van der Waals surface area contributed by atoms with Crippen LogP contribution in [0.2, 0.25) is 0 Å². The van der Waals surface area contributed by atoms with E-state index in [1.54, 1.807) is 18.3 Å². The number of aromatic nitrogens is 2. The van der Waals surface area contributed by atoms with E-state index in [1.807, 2.05) is 12.1 Å². The maximum Gasteiger partial charge on any atom is 0.237 e. The van der Waals surface area contributed by atoms with Crippen LogP contribution in [0.1, 0.15) is 56.6 Å². The van der Waals surface area contributed by atoms with Crippen molar-refractivity contribution in [3.05, 3.63) is 41.6 Å². The molecule has 0 saturated carbocycles. The molecule has 0 radical (unpaired) electrons. The topological polar surface area (TPSA) is 115 Å². The average molecular weight is 446 g/mol. The lowest BCUT2D eigenvalue weighted by Gasteiger charge is -2.22. The number of nitrogens with one attached hydrogen (secondary N) is 4. The lowest BCUT2D eigenvalue weighted by atomic mass is 10.0. The highest BCUT2D eigenvalue weighted by Gasteiger charge is 2.19. The van der Waals surface area contributed by atoms with Crippen LogP contribution in [0.3, 0.4) is 0 Å². The molecule has 1 aliphatic heterocycles. The molecule has 0 unspecified atom stereocenters. The van der Waals surface area contributed by atoms with Gasteiger partial charge in [0.05, 0.1) is 29.4 Å². The third-order valence-electron chi connectivity index (χ3n) is 5.23. The first-order valence-electron chi connectivity index (χ1n) is 11.6. The molecule has 4 N–H and O–H groups in total. The fourth-order valence-corrected chi connectivity index (χ4v) is 3.41. The summed E-state index contributed by atoms with van der Waals surface area (Å²) in [6, 6.07) is 9.17. The predicted octanol–water partition coefficient (Wildman–Crippen LogP) is 3.30. The quantitative estimate of drug-likeness (QED) is 0.346. The molecule has 172 valence electrons. The van der Waals surface area contributed by atoms with Gasteiger partial charge in [-0.05, 0) is 56.5 Å². The first kappa shape index (κ1) is 24.0. The molecule has 1 amide bonds. The third-order valence-corrected chi connectivity index (χ3v) is 5.23. The maximum absolute atomic E-state index is 12.1. The van der Waals surface area contributed by atoms with Gasteiger partial charge in [0.25, 0.3) is 0 Å². The molecule has 0 bridgehead atoms. The molecule has 1 aliphatic rings. The van der Waals surface area contributed by atoms with Crippen molar-refractivity contribution < 1.29 is 4.79 Å². The first-order chi connectivity index (χ1) is 16.2. The largest absolute Gasteiger partial charge is 0.369 e. The van der Waals surface area contributed by atoms with Crippen molar-refractivity contribution >= 4 is 23.4 Å². The highest BCUT2D eigenvalue weighted by molar-refractivity contribution is 5.81. The molecular formula is C25H31N7O. The second-order valence-electron chi connectivity index (χ2n) is 7.90. The van der Waals surface area contributed by atoms with Crippen molar-refractivity contribution in [2.45, 2.75) is 51.5 Å². The third kappa shape index (κ3) is 7.78. The van der Waals surface area contributed by atoms with Crippen molar-refractivity contribution in [3.63, 3.8) is 0 Å². The molecule has 33 heavy (non-hydrogen) atoms. The number of hydrogen-bond acceptors (Lipinski definition) is 7. The number of unbranched alkanes of at least 4 members (excludes halogenated alkanes) is 1. The van der Waals surface area contributed by atoms with Gasteiger partial charge in [0.15, 0.2) is 0 Å². The van der Waals surface area contributed by atoms with Crippen LogP contribution in [0.25, 0.3) is 0 Å². The molecule has 1 saturated heterocycles. The van der Waals surface area contributed by atoms with E-state index in [2.05, 4.69) is 56.1 Å². The number of anilines is 3. The molecule has 3 rings (SSSR count). The Morgan fingerprint density at radius 2 is 2.09 bits per heavy atom. The van der Waals surface area contributed by atoms with E-state index in [0.29, 0.717) is 30.3 Å². The van der Waals surface area contributed by atoms with Gasteiger partial charge >= 0.3 is 0 Å². The van der Waals surface area contributed by atoms with Gasteiger partial charge in [0.1, 0.15) is 5.82 Å². The summed E-state index contributed by atoms with van der Waals surface area (Å²) >= 11 is 0. The fourth-order valence-electron chi connectivity index (χ4n) is 3.41. The number of carbonyl (C=O) groups excluding carboxylic acids is 1. The van der Waals surface area contributed by atoms with E-state index >= 15 is 0 Å². The van der Waals surface area contributed by atoms with Crippen LogP contribution in [-0.2, 0) is 4.79 Å². The van der Waals surface area contributed by atoms with E-state index in [-0.39, 0.29) is 11.9 Å². The number of nitriles is 1. The molecule has 2 aromatic rings. The highest BCUT2D eigenvalue weighted by atomic mass is 16.2. The predicted molar refractivity (Wildman–Crippen MR) is 130 cm³/mol. The minimum absolute atomic E-state index is 0.0504. The molecule has 0 spiro atoms. The summed E-state index contributed by atoms with van der Waals surface area (Å²) < 4.78 is 0. The number of amides is 1. The maximum atomic E-state index is 12.1. The minimum atomic E-state index is -0.0504. The summed E-state index contributed by atoms with van der Waals surface area (Å²) in [5, 5.41) is 21.7. The van der Waals surface area contributed by atoms with Crippen LogP contribution in [-0.4, -0.2) is 41.6 Å². The van der Waals surface area contributed by atoms with E-state index in [1.165, 1.54) is 0 Å². The molecular weight excluding hydrogens is 414 g/mol. The van der Waals surface area contributed by atoms with Gasteiger partial charge in [0, 0.05) is 25.2 Å². The smallest absolute Gasteiger partial charge is 0.237 e. The van der Waals surface area contributed by atoms with E-state index in [9.17, 15) is 4.79 Å². The number of piperidine rings is 1. The average Bonchev–Trinajstić information content (AvgIpc) is 2.86. The summed E-state index contributed by atoms with van der Waals surface area (Å²) in [6.07, 6.45) is 7.30. The van der Waals surface area contributed by atoms with Gasteiger partial charge < -0.3 is 21.3 Å². The van der Waals surface area contributed by atoms with Crippen LogP contribution in [0.5, 0.6) is 0 Å². The van der Waals surface area contributed by atoms with Gasteiger partial charge in [-0.2, -0.15) is 10.2 Å². The zero-order valence-electron chi connectivity index (χ0n) is 19.1. The van der Waals surface area contributed by atoms with Crippen molar-refractivity contribution in [2.24, 2.45) is 0 Å². The number of rotatable bonds is 9.